The van der Waals surface area contributed by atoms with Crippen LogP contribution in [0.15, 0.2) is 11.2 Å². The van der Waals surface area contributed by atoms with Crippen molar-refractivity contribution in [3.05, 3.63) is 6.07 Å². The van der Waals surface area contributed by atoms with Gasteiger partial charge in [-0.15, -0.1) is 0 Å². The van der Waals surface area contributed by atoms with Gasteiger partial charge in [-0.1, -0.05) is 11.8 Å². The van der Waals surface area contributed by atoms with Gasteiger partial charge in [0.25, 0.3) is 0 Å². The maximum atomic E-state index is 5.33. The fourth-order valence-corrected chi connectivity index (χ4v) is 2.28. The molecule has 0 spiro atoms. The Morgan fingerprint density at radius 2 is 2.05 bits per heavy atom. The highest BCUT2D eigenvalue weighted by molar-refractivity contribution is 7.98. The van der Waals surface area contributed by atoms with Crippen molar-refractivity contribution in [3.8, 4) is 0 Å². The van der Waals surface area contributed by atoms with Gasteiger partial charge >= 0.3 is 0 Å². The van der Waals surface area contributed by atoms with Crippen LogP contribution < -0.4 is 10.6 Å². The second kappa shape index (κ2) is 7.52. The fourth-order valence-electron chi connectivity index (χ4n) is 1.90. The molecule has 0 saturated carbocycles. The third-order valence-corrected chi connectivity index (χ3v) is 3.53. The van der Waals surface area contributed by atoms with E-state index in [0.717, 1.165) is 56.2 Å². The summed E-state index contributed by atoms with van der Waals surface area (Å²) in [6.07, 6.45) is 1.98. The Balaban J connectivity index is 1.84. The summed E-state index contributed by atoms with van der Waals surface area (Å²) < 4.78 is 5.33. The summed E-state index contributed by atoms with van der Waals surface area (Å²) in [5.74, 6) is 1.71. The molecule has 106 valence electrons. The SMILES string of the molecule is CNc1cc(NCCN2CCOCC2)nc(SC)n1. The first-order valence-corrected chi connectivity index (χ1v) is 7.69. The first-order chi connectivity index (χ1) is 9.31. The zero-order valence-electron chi connectivity index (χ0n) is 11.5. The fraction of sp³-hybridized carbons (Fsp3) is 0.667. The van der Waals surface area contributed by atoms with E-state index < -0.39 is 0 Å². The first-order valence-electron chi connectivity index (χ1n) is 6.46. The van der Waals surface area contributed by atoms with E-state index in [-0.39, 0.29) is 0 Å². The molecule has 0 unspecified atom stereocenters. The second-order valence-electron chi connectivity index (χ2n) is 4.26. The molecule has 0 bridgehead atoms. The molecule has 1 aromatic heterocycles. The topological polar surface area (TPSA) is 62.3 Å². The van der Waals surface area contributed by atoms with Crippen LogP contribution in [0.2, 0.25) is 0 Å². The highest BCUT2D eigenvalue weighted by Crippen LogP contribution is 2.16. The third-order valence-electron chi connectivity index (χ3n) is 2.98. The van der Waals surface area contributed by atoms with E-state index in [1.54, 1.807) is 11.8 Å². The Hall–Kier alpha value is -1.05. The molecule has 0 atom stereocenters. The van der Waals surface area contributed by atoms with Gasteiger partial charge in [-0.3, -0.25) is 4.90 Å². The maximum absolute atomic E-state index is 5.33. The molecule has 0 radical (unpaired) electrons. The third kappa shape index (κ3) is 4.52. The van der Waals surface area contributed by atoms with Gasteiger partial charge in [-0.05, 0) is 6.26 Å². The van der Waals surface area contributed by atoms with E-state index in [4.69, 9.17) is 4.74 Å². The zero-order chi connectivity index (χ0) is 13.5. The van der Waals surface area contributed by atoms with Crippen LogP contribution in [-0.4, -0.2) is 67.6 Å². The van der Waals surface area contributed by atoms with E-state index >= 15 is 0 Å². The quantitative estimate of drug-likeness (QED) is 0.596. The van der Waals surface area contributed by atoms with Gasteiger partial charge in [0.2, 0.25) is 0 Å². The minimum Gasteiger partial charge on any atom is -0.379 e. The molecule has 7 heteroatoms. The van der Waals surface area contributed by atoms with E-state index in [2.05, 4.69) is 25.5 Å². The number of aromatic nitrogens is 2. The highest BCUT2D eigenvalue weighted by atomic mass is 32.2. The molecule has 1 aliphatic heterocycles. The molecule has 1 aliphatic rings. The van der Waals surface area contributed by atoms with Gasteiger partial charge in [0, 0.05) is 39.3 Å². The van der Waals surface area contributed by atoms with Crippen molar-refractivity contribution in [2.75, 3.05) is 63.3 Å². The molecular formula is C12H21N5OS. The smallest absolute Gasteiger partial charge is 0.191 e. The molecule has 0 aromatic carbocycles. The summed E-state index contributed by atoms with van der Waals surface area (Å²) in [6.45, 7) is 5.61. The highest BCUT2D eigenvalue weighted by Gasteiger charge is 2.09. The Labute approximate surface area is 118 Å². The van der Waals surface area contributed by atoms with Gasteiger partial charge in [0.1, 0.15) is 11.6 Å². The van der Waals surface area contributed by atoms with Crippen LogP contribution >= 0.6 is 11.8 Å². The second-order valence-corrected chi connectivity index (χ2v) is 5.03. The maximum Gasteiger partial charge on any atom is 0.191 e. The number of rotatable bonds is 6. The summed E-state index contributed by atoms with van der Waals surface area (Å²) in [4.78, 5) is 11.2. The summed E-state index contributed by atoms with van der Waals surface area (Å²) in [5, 5.41) is 7.18. The van der Waals surface area contributed by atoms with Crippen molar-refractivity contribution < 1.29 is 4.74 Å². The number of anilines is 2. The average Bonchev–Trinajstić information content (AvgIpc) is 2.48. The van der Waals surface area contributed by atoms with Gasteiger partial charge in [-0.2, -0.15) is 0 Å². The number of thioether (sulfide) groups is 1. The molecule has 0 amide bonds. The summed E-state index contributed by atoms with van der Waals surface area (Å²) >= 11 is 1.54. The zero-order valence-corrected chi connectivity index (χ0v) is 12.3. The van der Waals surface area contributed by atoms with E-state index in [1.165, 1.54) is 0 Å². The molecule has 2 N–H and O–H groups in total. The Morgan fingerprint density at radius 1 is 1.32 bits per heavy atom. The van der Waals surface area contributed by atoms with Crippen LogP contribution in [-0.2, 0) is 4.74 Å². The lowest BCUT2D eigenvalue weighted by Crippen LogP contribution is -2.39. The number of morpholine rings is 1. The van der Waals surface area contributed by atoms with Gasteiger partial charge in [0.15, 0.2) is 5.16 Å². The van der Waals surface area contributed by atoms with Crippen LogP contribution in [0.25, 0.3) is 0 Å². The van der Waals surface area contributed by atoms with Gasteiger partial charge in [-0.25, -0.2) is 9.97 Å². The minimum atomic E-state index is 0.778. The lowest BCUT2D eigenvalue weighted by molar-refractivity contribution is 0.0398. The first kappa shape index (κ1) is 14.4. The van der Waals surface area contributed by atoms with E-state index in [0.29, 0.717) is 0 Å². The number of ether oxygens (including phenoxy) is 1. The summed E-state index contributed by atoms with van der Waals surface area (Å²) in [7, 11) is 1.87. The number of hydrogen-bond acceptors (Lipinski definition) is 7. The van der Waals surface area contributed by atoms with Crippen molar-refractivity contribution in [2.24, 2.45) is 0 Å². The Morgan fingerprint density at radius 3 is 2.74 bits per heavy atom. The minimum absolute atomic E-state index is 0.778. The van der Waals surface area contributed by atoms with Crippen molar-refractivity contribution in [1.82, 2.24) is 14.9 Å². The molecule has 1 fully saturated rings. The van der Waals surface area contributed by atoms with Crippen molar-refractivity contribution in [3.63, 3.8) is 0 Å². The molecule has 2 rings (SSSR count). The number of nitrogens with one attached hydrogen (secondary N) is 2. The summed E-state index contributed by atoms with van der Waals surface area (Å²) in [6, 6.07) is 1.93. The summed E-state index contributed by atoms with van der Waals surface area (Å²) in [5.41, 5.74) is 0. The number of nitrogens with zero attached hydrogens (tertiary/aromatic N) is 3. The van der Waals surface area contributed by atoms with Crippen LogP contribution in [0.3, 0.4) is 0 Å². The molecule has 6 nitrogen and oxygen atoms in total. The van der Waals surface area contributed by atoms with E-state index in [1.807, 2.05) is 19.4 Å². The molecule has 19 heavy (non-hydrogen) atoms. The van der Waals surface area contributed by atoms with Crippen molar-refractivity contribution >= 4 is 23.4 Å². The predicted octanol–water partition coefficient (Wildman–Crippen LogP) is 0.984. The molecule has 1 aromatic rings. The lowest BCUT2D eigenvalue weighted by Gasteiger charge is -2.26. The van der Waals surface area contributed by atoms with Gasteiger partial charge < -0.3 is 15.4 Å². The predicted molar refractivity (Wildman–Crippen MR) is 79.1 cm³/mol. The number of hydrogen-bond donors (Lipinski definition) is 2. The van der Waals surface area contributed by atoms with Crippen molar-refractivity contribution in [2.45, 2.75) is 5.16 Å². The average molecular weight is 283 g/mol. The largest absolute Gasteiger partial charge is 0.379 e. The standard InChI is InChI=1S/C12H21N5OS/c1-13-10-9-11(16-12(15-10)19-2)14-3-4-17-5-7-18-8-6-17/h9H,3-8H2,1-2H3,(H2,13,14,15,16). The van der Waals surface area contributed by atoms with Crippen LogP contribution in [0.4, 0.5) is 11.6 Å². The monoisotopic (exact) mass is 283 g/mol. The molecular weight excluding hydrogens is 262 g/mol. The molecule has 1 saturated heterocycles. The van der Waals surface area contributed by atoms with Crippen LogP contribution in [0.5, 0.6) is 0 Å². The normalized spacial score (nSPS) is 16.3. The lowest BCUT2D eigenvalue weighted by atomic mass is 10.4. The van der Waals surface area contributed by atoms with Gasteiger partial charge in [0.05, 0.1) is 13.2 Å². The molecule has 2 heterocycles. The molecule has 0 aliphatic carbocycles. The van der Waals surface area contributed by atoms with Crippen LogP contribution in [0.1, 0.15) is 0 Å². The Kier molecular flexibility index (Phi) is 5.68. The van der Waals surface area contributed by atoms with Crippen molar-refractivity contribution in [1.29, 1.82) is 0 Å². The Bertz CT molecular complexity index is 375. The van der Waals surface area contributed by atoms with E-state index in [9.17, 15) is 0 Å². The van der Waals surface area contributed by atoms with Crippen LogP contribution in [0, 0.1) is 0 Å².